The van der Waals surface area contributed by atoms with Crippen LogP contribution in [0.2, 0.25) is 0 Å². The summed E-state index contributed by atoms with van der Waals surface area (Å²) in [5, 5.41) is 29.6. The average Bonchev–Trinajstić information content (AvgIpc) is 3.00. The van der Waals surface area contributed by atoms with E-state index >= 15 is 0 Å². The van der Waals surface area contributed by atoms with Gasteiger partial charge in [0, 0.05) is 49.7 Å². The van der Waals surface area contributed by atoms with Crippen LogP contribution in [0.3, 0.4) is 0 Å². The Morgan fingerprint density at radius 3 is 1.27 bits per heavy atom. The number of aliphatic hydroxyl groups excluding tert-OH is 2. The highest BCUT2D eigenvalue weighted by atomic mass is 32.1. The van der Waals surface area contributed by atoms with Crippen molar-refractivity contribution < 1.29 is 10.2 Å². The number of nitrogens with one attached hydrogen (secondary N) is 2. The largest absolute Gasteiger partial charge is 0.384 e. The molecule has 206 valence electrons. The molecule has 2 unspecified atom stereocenters. The molecule has 0 aromatic heterocycles. The Labute approximate surface area is 246 Å². The number of aliphatic hydroxyl groups is 2. The molecule has 0 fully saturated rings. The Balaban J connectivity index is 1.34. The minimum Gasteiger partial charge on any atom is -0.384 e. The van der Waals surface area contributed by atoms with Crippen LogP contribution in [-0.2, 0) is 0 Å². The number of likely N-dealkylation sites (N-methyl/N-ethyl adjacent to an activating group) is 2. The number of anilines is 2. The van der Waals surface area contributed by atoms with Crippen molar-refractivity contribution in [2.75, 3.05) is 37.8 Å². The fourth-order valence-corrected chi connectivity index (χ4v) is 4.66. The molecule has 4 aromatic rings. The number of thiocarbonyl (C=S) groups is 2. The summed E-state index contributed by atoms with van der Waals surface area (Å²) in [5.74, 6) is 0. The summed E-state index contributed by atoms with van der Waals surface area (Å²) in [6, 6.07) is 34.3. The molecule has 6 nitrogen and oxygen atoms in total. The van der Waals surface area contributed by atoms with Gasteiger partial charge in [0.15, 0.2) is 10.2 Å². The summed E-state index contributed by atoms with van der Waals surface area (Å²) in [4.78, 5) is 3.88. The van der Waals surface area contributed by atoms with Gasteiger partial charge in [-0.15, -0.1) is 0 Å². The van der Waals surface area contributed by atoms with Crippen LogP contribution in [0.1, 0.15) is 34.5 Å². The van der Waals surface area contributed by atoms with Crippen molar-refractivity contribution in [1.29, 1.82) is 0 Å². The first-order valence-corrected chi connectivity index (χ1v) is 13.8. The van der Waals surface area contributed by atoms with Crippen molar-refractivity contribution in [3.05, 3.63) is 131 Å². The molecule has 0 aliphatic carbocycles. The molecule has 0 aliphatic rings. The van der Waals surface area contributed by atoms with Crippen LogP contribution >= 0.6 is 24.4 Å². The predicted octanol–water partition coefficient (Wildman–Crippen LogP) is 5.81. The van der Waals surface area contributed by atoms with Crippen LogP contribution in [0, 0.1) is 0 Å². The van der Waals surface area contributed by atoms with Gasteiger partial charge in [0.05, 0.1) is 0 Å². The van der Waals surface area contributed by atoms with Gasteiger partial charge in [0.2, 0.25) is 0 Å². The molecule has 0 saturated carbocycles. The van der Waals surface area contributed by atoms with E-state index in [0.29, 0.717) is 23.3 Å². The smallest absolute Gasteiger partial charge is 0.173 e. The number of para-hydroxylation sites is 2. The fraction of sp³-hybridized carbons (Fsp3) is 0.188. The van der Waals surface area contributed by atoms with E-state index in [9.17, 15) is 10.2 Å². The molecular formula is C32H34N4O2S2. The van der Waals surface area contributed by atoms with Crippen LogP contribution < -0.4 is 10.6 Å². The molecule has 0 spiro atoms. The summed E-state index contributed by atoms with van der Waals surface area (Å²) < 4.78 is 0. The maximum Gasteiger partial charge on any atom is 0.173 e. The normalized spacial score (nSPS) is 12.2. The molecule has 0 aliphatic heterocycles. The first-order valence-electron chi connectivity index (χ1n) is 13.0. The van der Waals surface area contributed by atoms with Crippen molar-refractivity contribution >= 4 is 46.0 Å². The zero-order chi connectivity index (χ0) is 28.5. The average molecular weight is 571 g/mol. The first kappa shape index (κ1) is 29.2. The van der Waals surface area contributed by atoms with Gasteiger partial charge < -0.3 is 30.6 Å². The van der Waals surface area contributed by atoms with Crippen LogP contribution in [0.25, 0.3) is 0 Å². The van der Waals surface area contributed by atoms with Gasteiger partial charge in [-0.05, 0) is 47.7 Å². The molecule has 0 amide bonds. The monoisotopic (exact) mass is 570 g/mol. The molecule has 4 rings (SSSR count). The van der Waals surface area contributed by atoms with E-state index in [1.165, 1.54) is 0 Å². The van der Waals surface area contributed by atoms with E-state index in [1.807, 2.05) is 133 Å². The molecule has 0 radical (unpaired) electrons. The minimum absolute atomic E-state index is 0.538. The van der Waals surface area contributed by atoms with Gasteiger partial charge in [-0.25, -0.2) is 0 Å². The molecule has 0 heterocycles. The maximum atomic E-state index is 11.0. The van der Waals surface area contributed by atoms with Gasteiger partial charge in [0.25, 0.3) is 0 Å². The molecule has 4 N–H and O–H groups in total. The quantitative estimate of drug-likeness (QED) is 0.188. The molecule has 4 aromatic carbocycles. The van der Waals surface area contributed by atoms with Gasteiger partial charge in [-0.1, -0.05) is 97.1 Å². The van der Waals surface area contributed by atoms with Crippen LogP contribution in [0.15, 0.2) is 109 Å². The van der Waals surface area contributed by atoms with Crippen LogP contribution in [0.4, 0.5) is 11.4 Å². The zero-order valence-corrected chi connectivity index (χ0v) is 24.2. The van der Waals surface area contributed by atoms with E-state index in [-0.39, 0.29) is 0 Å². The Hall–Kier alpha value is -3.82. The summed E-state index contributed by atoms with van der Waals surface area (Å²) in [6.07, 6.45) is -1.54. The molecule has 8 heteroatoms. The summed E-state index contributed by atoms with van der Waals surface area (Å²) >= 11 is 11.3. The number of hydrogen-bond acceptors (Lipinski definition) is 4. The second-order valence-electron chi connectivity index (χ2n) is 9.50. The Morgan fingerprint density at radius 2 is 0.900 bits per heavy atom. The Kier molecular flexibility index (Phi) is 10.2. The van der Waals surface area contributed by atoms with E-state index < -0.39 is 12.2 Å². The van der Waals surface area contributed by atoms with Crippen LogP contribution in [0.5, 0.6) is 0 Å². The third kappa shape index (κ3) is 7.43. The highest BCUT2D eigenvalue weighted by molar-refractivity contribution is 7.80. The van der Waals surface area contributed by atoms with Crippen molar-refractivity contribution in [3.63, 3.8) is 0 Å². The highest BCUT2D eigenvalue weighted by Gasteiger charge is 2.18. The van der Waals surface area contributed by atoms with E-state index in [2.05, 4.69) is 10.6 Å². The first-order chi connectivity index (χ1) is 19.3. The van der Waals surface area contributed by atoms with Crippen molar-refractivity contribution in [1.82, 2.24) is 9.80 Å². The van der Waals surface area contributed by atoms with E-state index in [0.717, 1.165) is 33.6 Å². The van der Waals surface area contributed by atoms with E-state index in [4.69, 9.17) is 24.4 Å². The molecule has 0 bridgehead atoms. The van der Waals surface area contributed by atoms with Gasteiger partial charge in [-0.2, -0.15) is 0 Å². The summed E-state index contributed by atoms with van der Waals surface area (Å²) in [5.41, 5.74) is 4.66. The lowest BCUT2D eigenvalue weighted by Crippen LogP contribution is -2.40. The van der Waals surface area contributed by atoms with Crippen molar-refractivity contribution in [2.24, 2.45) is 0 Å². The second-order valence-corrected chi connectivity index (χ2v) is 10.3. The molecule has 0 saturated heterocycles. The molecular weight excluding hydrogens is 537 g/mol. The minimum atomic E-state index is -0.768. The second kappa shape index (κ2) is 14.0. The Morgan fingerprint density at radius 1 is 0.575 bits per heavy atom. The highest BCUT2D eigenvalue weighted by Crippen LogP contribution is 2.29. The fourth-order valence-electron chi connectivity index (χ4n) is 4.25. The predicted molar refractivity (Wildman–Crippen MR) is 172 cm³/mol. The number of rotatable bonds is 9. The van der Waals surface area contributed by atoms with Crippen molar-refractivity contribution in [3.8, 4) is 0 Å². The molecule has 2 atom stereocenters. The third-order valence-corrected chi connectivity index (χ3v) is 7.52. The lowest BCUT2D eigenvalue weighted by atomic mass is 10.00. The third-order valence-electron chi connectivity index (χ3n) is 6.69. The zero-order valence-electron chi connectivity index (χ0n) is 22.6. The SMILES string of the molecule is CN(CCN(C)C(=S)Nc1ccccc1C(O)c1ccccc1)C(=S)Nc1ccccc1C(O)c1ccccc1. The van der Waals surface area contributed by atoms with Crippen LogP contribution in [-0.4, -0.2) is 57.4 Å². The van der Waals surface area contributed by atoms with E-state index in [1.54, 1.807) is 0 Å². The standard InChI is InChI=1S/C32H34N4O2S2/c1-35(31(39)33-27-19-11-9-17-25(27)29(37)23-13-5-3-6-14-23)21-22-36(2)32(40)34-28-20-12-10-18-26(28)30(38)24-15-7-4-8-16-24/h3-20,29-30,37-38H,21-22H2,1-2H3,(H,33,39)(H,34,40). The van der Waals surface area contributed by atoms with Gasteiger partial charge >= 0.3 is 0 Å². The lowest BCUT2D eigenvalue weighted by Gasteiger charge is -2.27. The summed E-state index contributed by atoms with van der Waals surface area (Å²) in [6.45, 7) is 1.23. The Bertz CT molecular complexity index is 1310. The lowest BCUT2D eigenvalue weighted by molar-refractivity contribution is 0.221. The molecule has 40 heavy (non-hydrogen) atoms. The van der Waals surface area contributed by atoms with Gasteiger partial charge in [0.1, 0.15) is 12.2 Å². The number of benzene rings is 4. The maximum absolute atomic E-state index is 11.0. The topological polar surface area (TPSA) is 71.0 Å². The van der Waals surface area contributed by atoms with Gasteiger partial charge in [-0.3, -0.25) is 0 Å². The summed E-state index contributed by atoms with van der Waals surface area (Å²) in [7, 11) is 3.84. The number of nitrogens with zero attached hydrogens (tertiary/aromatic N) is 2. The van der Waals surface area contributed by atoms with Crippen molar-refractivity contribution in [2.45, 2.75) is 12.2 Å². The number of hydrogen-bond donors (Lipinski definition) is 4.